The quantitative estimate of drug-likeness (QED) is 0.881. The summed E-state index contributed by atoms with van der Waals surface area (Å²) in [6.07, 6.45) is 1.47. The van der Waals surface area contributed by atoms with Gasteiger partial charge in [0.2, 0.25) is 0 Å². The fraction of sp³-hybridized carbons (Fsp3) is 0.571. The third-order valence-corrected chi connectivity index (χ3v) is 3.20. The van der Waals surface area contributed by atoms with Crippen LogP contribution in [0.5, 0.6) is 5.75 Å². The Labute approximate surface area is 106 Å². The van der Waals surface area contributed by atoms with E-state index in [1.165, 1.54) is 12.1 Å². The van der Waals surface area contributed by atoms with Crippen LogP contribution in [0.15, 0.2) is 12.1 Å². The summed E-state index contributed by atoms with van der Waals surface area (Å²) in [5.74, 6) is -0.864. The van der Waals surface area contributed by atoms with Crippen molar-refractivity contribution in [3.05, 3.63) is 29.3 Å². The van der Waals surface area contributed by atoms with Gasteiger partial charge in [0.15, 0.2) is 0 Å². The van der Waals surface area contributed by atoms with Crippen LogP contribution in [0.1, 0.15) is 39.2 Å². The maximum Gasteiger partial charge on any atom is 0.133 e. The maximum absolute atomic E-state index is 13.9. The molecule has 0 atom stereocenters. The molecule has 1 saturated carbocycles. The first-order valence-electron chi connectivity index (χ1n) is 6.19. The highest BCUT2D eigenvalue weighted by Crippen LogP contribution is 2.32. The molecular formula is C14H19F2NO. The van der Waals surface area contributed by atoms with Gasteiger partial charge in [-0.15, -0.1) is 0 Å². The molecule has 0 amide bonds. The predicted octanol–water partition coefficient (Wildman–Crippen LogP) is 3.13. The Bertz CT molecular complexity index is 425. The van der Waals surface area contributed by atoms with E-state index in [0.717, 1.165) is 12.8 Å². The summed E-state index contributed by atoms with van der Waals surface area (Å²) in [5.41, 5.74) is 5.17. The fourth-order valence-corrected chi connectivity index (χ4v) is 2.23. The second kappa shape index (κ2) is 4.50. The van der Waals surface area contributed by atoms with Crippen LogP contribution in [0.2, 0.25) is 0 Å². The summed E-state index contributed by atoms with van der Waals surface area (Å²) in [7, 11) is 0. The summed E-state index contributed by atoms with van der Waals surface area (Å²) >= 11 is 0. The van der Waals surface area contributed by atoms with E-state index in [-0.39, 0.29) is 23.5 Å². The largest absolute Gasteiger partial charge is 0.490 e. The van der Waals surface area contributed by atoms with Crippen LogP contribution in [-0.4, -0.2) is 12.1 Å². The number of ether oxygens (including phenoxy) is 1. The molecule has 2 N–H and O–H groups in total. The van der Waals surface area contributed by atoms with Crippen molar-refractivity contribution in [1.82, 2.24) is 0 Å². The molecule has 0 radical (unpaired) electrons. The third-order valence-electron chi connectivity index (χ3n) is 3.20. The molecule has 0 saturated heterocycles. The molecule has 1 aromatic rings. The highest BCUT2D eigenvalue weighted by Gasteiger charge is 2.29. The van der Waals surface area contributed by atoms with Crippen molar-refractivity contribution in [2.24, 2.45) is 5.73 Å². The van der Waals surface area contributed by atoms with E-state index in [1.807, 2.05) is 0 Å². The average Bonchev–Trinajstić information content (AvgIpc) is 2.11. The standard InChI is InChI=1S/C14H19F2NO/c1-14(2,3)13-11(15)6-10(7-12(13)16)18-9-4-8(17)5-9/h6-9H,4-5,17H2,1-3H3. The molecule has 18 heavy (non-hydrogen) atoms. The molecule has 0 unspecified atom stereocenters. The van der Waals surface area contributed by atoms with Gasteiger partial charge in [-0.1, -0.05) is 20.8 Å². The van der Waals surface area contributed by atoms with Crippen molar-refractivity contribution in [1.29, 1.82) is 0 Å². The number of benzene rings is 1. The highest BCUT2D eigenvalue weighted by atomic mass is 19.1. The molecule has 1 aliphatic carbocycles. The number of rotatable bonds is 2. The van der Waals surface area contributed by atoms with Crippen LogP contribution in [-0.2, 0) is 5.41 Å². The van der Waals surface area contributed by atoms with Crippen molar-refractivity contribution < 1.29 is 13.5 Å². The Morgan fingerprint density at radius 3 is 2.06 bits per heavy atom. The lowest BCUT2D eigenvalue weighted by Gasteiger charge is -2.32. The molecular weight excluding hydrogens is 236 g/mol. The predicted molar refractivity (Wildman–Crippen MR) is 66.7 cm³/mol. The van der Waals surface area contributed by atoms with Crippen LogP contribution in [0.25, 0.3) is 0 Å². The second-order valence-corrected chi connectivity index (χ2v) is 5.98. The lowest BCUT2D eigenvalue weighted by Crippen LogP contribution is -2.43. The van der Waals surface area contributed by atoms with Gasteiger partial charge in [-0.2, -0.15) is 0 Å². The zero-order chi connectivity index (χ0) is 13.5. The van der Waals surface area contributed by atoms with Crippen molar-refractivity contribution in [3.63, 3.8) is 0 Å². The van der Waals surface area contributed by atoms with Crippen molar-refractivity contribution >= 4 is 0 Å². The van der Waals surface area contributed by atoms with Crippen LogP contribution in [0, 0.1) is 11.6 Å². The number of halogens is 2. The Balaban J connectivity index is 2.20. The van der Waals surface area contributed by atoms with E-state index < -0.39 is 17.0 Å². The second-order valence-electron chi connectivity index (χ2n) is 5.98. The van der Waals surface area contributed by atoms with E-state index in [1.54, 1.807) is 20.8 Å². The van der Waals surface area contributed by atoms with Gasteiger partial charge in [-0.05, 0) is 18.3 Å². The zero-order valence-electron chi connectivity index (χ0n) is 11.0. The van der Waals surface area contributed by atoms with E-state index >= 15 is 0 Å². The summed E-state index contributed by atoms with van der Waals surface area (Å²) in [5, 5.41) is 0. The summed E-state index contributed by atoms with van der Waals surface area (Å²) < 4.78 is 33.3. The van der Waals surface area contributed by atoms with Crippen LogP contribution < -0.4 is 10.5 Å². The molecule has 2 nitrogen and oxygen atoms in total. The lowest BCUT2D eigenvalue weighted by molar-refractivity contribution is 0.1000. The minimum absolute atomic E-state index is 0.0145. The van der Waals surface area contributed by atoms with Gasteiger partial charge >= 0.3 is 0 Å². The molecule has 1 aromatic carbocycles. The third kappa shape index (κ3) is 2.64. The van der Waals surface area contributed by atoms with Crippen LogP contribution >= 0.6 is 0 Å². The monoisotopic (exact) mass is 255 g/mol. The summed E-state index contributed by atoms with van der Waals surface area (Å²) in [4.78, 5) is 0. The van der Waals surface area contributed by atoms with E-state index in [2.05, 4.69) is 0 Å². The van der Waals surface area contributed by atoms with Gasteiger partial charge in [0, 0.05) is 23.7 Å². The SMILES string of the molecule is CC(C)(C)c1c(F)cc(OC2CC(N)C2)cc1F. The van der Waals surface area contributed by atoms with E-state index in [9.17, 15) is 8.78 Å². The Kier molecular flexibility index (Phi) is 3.32. The first kappa shape index (κ1) is 13.3. The molecule has 1 fully saturated rings. The highest BCUT2D eigenvalue weighted by molar-refractivity contribution is 5.34. The van der Waals surface area contributed by atoms with Gasteiger partial charge in [0.1, 0.15) is 23.5 Å². The van der Waals surface area contributed by atoms with Gasteiger partial charge in [0.25, 0.3) is 0 Å². The van der Waals surface area contributed by atoms with Crippen LogP contribution in [0.4, 0.5) is 8.78 Å². The number of hydrogen-bond donors (Lipinski definition) is 1. The van der Waals surface area contributed by atoms with Gasteiger partial charge in [-0.25, -0.2) is 8.78 Å². The molecule has 4 heteroatoms. The molecule has 0 aliphatic heterocycles. The average molecular weight is 255 g/mol. The smallest absolute Gasteiger partial charge is 0.133 e. The minimum atomic E-state index is -0.564. The van der Waals surface area contributed by atoms with Crippen molar-refractivity contribution in [2.45, 2.75) is 51.2 Å². The molecule has 2 rings (SSSR count). The van der Waals surface area contributed by atoms with Gasteiger partial charge in [0.05, 0.1) is 0 Å². The summed E-state index contributed by atoms with van der Waals surface area (Å²) in [6, 6.07) is 2.67. The molecule has 100 valence electrons. The Morgan fingerprint density at radius 2 is 1.67 bits per heavy atom. The minimum Gasteiger partial charge on any atom is -0.490 e. The topological polar surface area (TPSA) is 35.2 Å². The van der Waals surface area contributed by atoms with E-state index in [0.29, 0.717) is 0 Å². The first-order valence-corrected chi connectivity index (χ1v) is 6.19. The van der Waals surface area contributed by atoms with Crippen LogP contribution in [0.3, 0.4) is 0 Å². The molecule has 0 bridgehead atoms. The summed E-state index contributed by atoms with van der Waals surface area (Å²) in [6.45, 7) is 5.33. The number of hydrogen-bond acceptors (Lipinski definition) is 2. The fourth-order valence-electron chi connectivity index (χ4n) is 2.23. The molecule has 0 heterocycles. The Morgan fingerprint density at radius 1 is 1.17 bits per heavy atom. The first-order chi connectivity index (χ1) is 8.27. The van der Waals surface area contributed by atoms with Gasteiger partial charge < -0.3 is 10.5 Å². The van der Waals surface area contributed by atoms with E-state index in [4.69, 9.17) is 10.5 Å². The van der Waals surface area contributed by atoms with Crippen molar-refractivity contribution in [3.8, 4) is 5.75 Å². The molecule has 0 spiro atoms. The normalized spacial score (nSPS) is 23.7. The van der Waals surface area contributed by atoms with Crippen molar-refractivity contribution in [2.75, 3.05) is 0 Å². The van der Waals surface area contributed by atoms with Gasteiger partial charge in [-0.3, -0.25) is 0 Å². The zero-order valence-corrected chi connectivity index (χ0v) is 11.0. The maximum atomic E-state index is 13.9. The molecule has 1 aliphatic rings. The number of nitrogens with two attached hydrogens (primary N) is 1. The Hall–Kier alpha value is -1.16. The molecule has 0 aromatic heterocycles. The lowest BCUT2D eigenvalue weighted by atomic mass is 9.86.